The van der Waals surface area contributed by atoms with Crippen LogP contribution in [0.5, 0.6) is 0 Å². The van der Waals surface area contributed by atoms with E-state index in [-0.39, 0.29) is 31.1 Å². The average molecular weight is 978 g/mol. The van der Waals surface area contributed by atoms with Gasteiger partial charge in [0, 0.05) is 19.3 Å². The van der Waals surface area contributed by atoms with Crippen molar-refractivity contribution in [2.75, 3.05) is 13.2 Å². The lowest BCUT2D eigenvalue weighted by Crippen LogP contribution is -2.30. The molecule has 0 aromatic heterocycles. The molecule has 6 nitrogen and oxygen atoms in total. The first-order valence-corrected chi connectivity index (χ1v) is 30.0. The molecule has 0 aliphatic heterocycles. The van der Waals surface area contributed by atoms with Gasteiger partial charge in [0.1, 0.15) is 13.2 Å². The summed E-state index contributed by atoms with van der Waals surface area (Å²) in [4.78, 5) is 38.2. The molecule has 0 saturated heterocycles. The number of ether oxygens (including phenoxy) is 3. The molecule has 0 heterocycles. The largest absolute Gasteiger partial charge is 0.462 e. The Kier molecular flexibility index (Phi) is 55.8. The van der Waals surface area contributed by atoms with E-state index in [0.29, 0.717) is 19.3 Å². The van der Waals surface area contributed by atoms with E-state index in [9.17, 15) is 14.4 Å². The fourth-order valence-electron chi connectivity index (χ4n) is 8.44. The minimum atomic E-state index is -0.789. The third-order valence-corrected chi connectivity index (χ3v) is 12.9. The van der Waals surface area contributed by atoms with E-state index in [1.807, 2.05) is 0 Å². The van der Waals surface area contributed by atoms with Crippen molar-refractivity contribution in [1.29, 1.82) is 0 Å². The van der Waals surface area contributed by atoms with Gasteiger partial charge in [0.2, 0.25) is 0 Å². The summed E-state index contributed by atoms with van der Waals surface area (Å²) in [7, 11) is 0. The molecule has 404 valence electrons. The molecule has 0 aliphatic carbocycles. The van der Waals surface area contributed by atoms with Crippen molar-refractivity contribution in [1.82, 2.24) is 0 Å². The number of hydrogen-bond acceptors (Lipinski definition) is 6. The summed E-state index contributed by atoms with van der Waals surface area (Å²) in [6.07, 6.45) is 74.7. The molecule has 1 unspecified atom stereocenters. The van der Waals surface area contributed by atoms with Gasteiger partial charge in [0.25, 0.3) is 0 Å². The molecule has 1 atom stereocenters. The Balaban J connectivity index is 4.38. The Hall–Kier alpha value is -3.15. The zero-order valence-corrected chi connectivity index (χ0v) is 46.3. The van der Waals surface area contributed by atoms with Crippen LogP contribution in [-0.4, -0.2) is 37.2 Å². The lowest BCUT2D eigenvalue weighted by atomic mass is 10.1. The van der Waals surface area contributed by atoms with Gasteiger partial charge in [0.15, 0.2) is 6.10 Å². The standard InChI is InChI=1S/C64H112O6/c1-4-7-10-13-16-19-22-25-28-30-32-34-36-39-42-45-48-51-54-57-63(66)69-60-61(59-68-62(65)56-53-50-47-44-41-38-27-24-21-18-15-12-9-6-3)70-64(67)58-55-52-49-46-43-40-37-35-33-31-29-26-23-20-17-14-11-8-5-2/h9,12,16,18-19,21-22,25,27,31,33,38,61H,4-8,10-11,13-15,17,20,23-24,26,28-30,32,34-37,39-60H2,1-3H3/b12-9-,19-16-,21-18-,25-22-,33-31-,38-27-. The van der Waals surface area contributed by atoms with Crippen molar-refractivity contribution in [3.8, 4) is 0 Å². The molecule has 0 saturated carbocycles. The maximum Gasteiger partial charge on any atom is 0.306 e. The van der Waals surface area contributed by atoms with Gasteiger partial charge in [0.05, 0.1) is 0 Å². The van der Waals surface area contributed by atoms with Gasteiger partial charge < -0.3 is 14.2 Å². The first-order valence-electron chi connectivity index (χ1n) is 30.0. The van der Waals surface area contributed by atoms with E-state index >= 15 is 0 Å². The van der Waals surface area contributed by atoms with Crippen LogP contribution in [0.1, 0.15) is 297 Å². The van der Waals surface area contributed by atoms with Crippen LogP contribution in [0.4, 0.5) is 0 Å². The number of allylic oxidation sites excluding steroid dienone is 12. The molecule has 0 aromatic carbocycles. The summed E-state index contributed by atoms with van der Waals surface area (Å²) >= 11 is 0. The number of unbranched alkanes of at least 4 members (excludes halogenated alkanes) is 32. The second kappa shape index (κ2) is 58.4. The Morgan fingerprint density at radius 1 is 0.314 bits per heavy atom. The summed E-state index contributed by atoms with van der Waals surface area (Å²) in [5.74, 6) is -0.906. The molecule has 0 fully saturated rings. The van der Waals surface area contributed by atoms with Crippen molar-refractivity contribution in [3.05, 3.63) is 72.9 Å². The van der Waals surface area contributed by atoms with Crippen molar-refractivity contribution >= 4 is 17.9 Å². The summed E-state index contributed by atoms with van der Waals surface area (Å²) in [6, 6.07) is 0. The summed E-state index contributed by atoms with van der Waals surface area (Å²) in [5.41, 5.74) is 0. The van der Waals surface area contributed by atoms with E-state index < -0.39 is 6.10 Å². The molecule has 0 aliphatic rings. The van der Waals surface area contributed by atoms with Crippen LogP contribution >= 0.6 is 0 Å². The molecular weight excluding hydrogens is 865 g/mol. The van der Waals surface area contributed by atoms with Gasteiger partial charge in [-0.25, -0.2) is 0 Å². The Labute approximate surface area is 433 Å². The Morgan fingerprint density at radius 3 is 1.00 bits per heavy atom. The van der Waals surface area contributed by atoms with Crippen molar-refractivity contribution in [2.24, 2.45) is 0 Å². The number of carbonyl (C=O) groups is 3. The maximum atomic E-state index is 12.9. The van der Waals surface area contributed by atoms with E-state index in [2.05, 4.69) is 93.7 Å². The Bertz CT molecular complexity index is 1310. The fourth-order valence-corrected chi connectivity index (χ4v) is 8.44. The smallest absolute Gasteiger partial charge is 0.306 e. The van der Waals surface area contributed by atoms with E-state index in [1.54, 1.807) is 0 Å². The van der Waals surface area contributed by atoms with Crippen molar-refractivity contribution < 1.29 is 28.6 Å². The predicted molar refractivity (Wildman–Crippen MR) is 302 cm³/mol. The SMILES string of the molecule is CC/C=C\C/C=C\C/C=C\CCCCCCC(=O)OCC(COC(=O)CCCCCCCCCCCC/C=C\C=C/CCCCC)OC(=O)CCCCCCCCC/C=C\CCCCCCCCCC. The molecule has 0 spiro atoms. The van der Waals surface area contributed by atoms with E-state index in [4.69, 9.17) is 14.2 Å². The lowest BCUT2D eigenvalue weighted by Gasteiger charge is -2.18. The number of carbonyl (C=O) groups excluding carboxylic acids is 3. The highest BCUT2D eigenvalue weighted by Gasteiger charge is 2.19. The fraction of sp³-hybridized carbons (Fsp3) is 0.766. The van der Waals surface area contributed by atoms with Gasteiger partial charge in [-0.2, -0.15) is 0 Å². The highest BCUT2D eigenvalue weighted by atomic mass is 16.6. The lowest BCUT2D eigenvalue weighted by molar-refractivity contribution is -0.167. The summed E-state index contributed by atoms with van der Waals surface area (Å²) in [5, 5.41) is 0. The minimum Gasteiger partial charge on any atom is -0.462 e. The summed E-state index contributed by atoms with van der Waals surface area (Å²) in [6.45, 7) is 6.50. The summed E-state index contributed by atoms with van der Waals surface area (Å²) < 4.78 is 16.9. The molecular formula is C64H112O6. The number of esters is 3. The van der Waals surface area contributed by atoms with Crippen LogP contribution in [0.15, 0.2) is 72.9 Å². The highest BCUT2D eigenvalue weighted by Crippen LogP contribution is 2.16. The van der Waals surface area contributed by atoms with Crippen LogP contribution in [0.2, 0.25) is 0 Å². The van der Waals surface area contributed by atoms with Gasteiger partial charge in [-0.3, -0.25) is 14.4 Å². The first-order chi connectivity index (χ1) is 34.5. The first kappa shape index (κ1) is 66.9. The zero-order valence-electron chi connectivity index (χ0n) is 46.3. The third kappa shape index (κ3) is 55.8. The van der Waals surface area contributed by atoms with Gasteiger partial charge >= 0.3 is 17.9 Å². The van der Waals surface area contributed by atoms with Crippen LogP contribution in [0, 0.1) is 0 Å². The van der Waals surface area contributed by atoms with Crippen molar-refractivity contribution in [3.63, 3.8) is 0 Å². The second-order valence-corrected chi connectivity index (χ2v) is 19.9. The molecule has 0 bridgehead atoms. The molecule has 70 heavy (non-hydrogen) atoms. The normalized spacial score (nSPS) is 12.6. The molecule has 0 rings (SSSR count). The Morgan fingerprint density at radius 2 is 0.600 bits per heavy atom. The number of hydrogen-bond donors (Lipinski definition) is 0. The van der Waals surface area contributed by atoms with Crippen molar-refractivity contribution in [2.45, 2.75) is 303 Å². The quantitative estimate of drug-likeness (QED) is 0.0199. The molecule has 0 aromatic rings. The molecule has 0 N–H and O–H groups in total. The van der Waals surface area contributed by atoms with E-state index in [1.165, 1.54) is 167 Å². The highest BCUT2D eigenvalue weighted by molar-refractivity contribution is 5.71. The van der Waals surface area contributed by atoms with Crippen LogP contribution in [-0.2, 0) is 28.6 Å². The average Bonchev–Trinajstić information content (AvgIpc) is 3.36. The topological polar surface area (TPSA) is 78.9 Å². The molecule has 0 amide bonds. The zero-order chi connectivity index (χ0) is 50.7. The molecule has 6 heteroatoms. The van der Waals surface area contributed by atoms with Crippen LogP contribution in [0.25, 0.3) is 0 Å². The minimum absolute atomic E-state index is 0.0854. The number of rotatable bonds is 54. The third-order valence-electron chi connectivity index (χ3n) is 12.9. The van der Waals surface area contributed by atoms with Gasteiger partial charge in [-0.05, 0) is 103 Å². The second-order valence-electron chi connectivity index (χ2n) is 19.9. The maximum absolute atomic E-state index is 12.9. The predicted octanol–water partition coefficient (Wildman–Crippen LogP) is 20.2. The van der Waals surface area contributed by atoms with Crippen LogP contribution in [0.3, 0.4) is 0 Å². The monoisotopic (exact) mass is 977 g/mol. The van der Waals surface area contributed by atoms with E-state index in [0.717, 1.165) is 89.9 Å². The van der Waals surface area contributed by atoms with Gasteiger partial charge in [-0.1, -0.05) is 248 Å². The van der Waals surface area contributed by atoms with Gasteiger partial charge in [-0.15, -0.1) is 0 Å². The molecule has 0 radical (unpaired) electrons. The van der Waals surface area contributed by atoms with Crippen LogP contribution < -0.4 is 0 Å².